The van der Waals surface area contributed by atoms with Crippen LogP contribution in [0.25, 0.3) is 11.0 Å². The molecule has 1 aliphatic rings. The normalized spacial score (nSPS) is 15.0. The summed E-state index contributed by atoms with van der Waals surface area (Å²) in [6.07, 6.45) is 0. The van der Waals surface area contributed by atoms with Crippen LogP contribution < -0.4 is 10.1 Å². The van der Waals surface area contributed by atoms with E-state index in [2.05, 4.69) is 27.9 Å². The van der Waals surface area contributed by atoms with Crippen LogP contribution in [-0.4, -0.2) is 58.7 Å². The molecule has 1 saturated heterocycles. The van der Waals surface area contributed by atoms with Gasteiger partial charge in [-0.3, -0.25) is 4.90 Å². The number of carbonyl (C=O) groups is 1. The minimum atomic E-state index is -0.0625. The number of aryl methyl sites for hydroxylation is 1. The number of para-hydroxylation sites is 2. The van der Waals surface area contributed by atoms with Crippen LogP contribution in [0.3, 0.4) is 0 Å². The number of rotatable bonds is 4. The number of fused-ring (bicyclic) bond motifs is 1. The summed E-state index contributed by atoms with van der Waals surface area (Å²) in [4.78, 5) is 21.5. The highest BCUT2D eigenvalue weighted by atomic mass is 16.5. The van der Waals surface area contributed by atoms with Gasteiger partial charge >= 0.3 is 6.03 Å². The number of benzene rings is 2. The number of piperazine rings is 1. The van der Waals surface area contributed by atoms with Gasteiger partial charge in [0.2, 0.25) is 0 Å². The van der Waals surface area contributed by atoms with Crippen molar-refractivity contribution >= 4 is 22.8 Å². The molecule has 1 aliphatic heterocycles. The summed E-state index contributed by atoms with van der Waals surface area (Å²) >= 11 is 0. The number of nitrogens with one attached hydrogen (secondary N) is 1. The molecule has 0 aliphatic carbocycles. The second kappa shape index (κ2) is 7.90. The van der Waals surface area contributed by atoms with Crippen molar-refractivity contribution in [1.29, 1.82) is 0 Å². The first kappa shape index (κ1) is 18.3. The van der Waals surface area contributed by atoms with Gasteiger partial charge in [0.1, 0.15) is 11.6 Å². The predicted molar refractivity (Wildman–Crippen MR) is 110 cm³/mol. The van der Waals surface area contributed by atoms with Gasteiger partial charge in [0, 0.05) is 38.9 Å². The van der Waals surface area contributed by atoms with E-state index >= 15 is 0 Å². The van der Waals surface area contributed by atoms with Crippen molar-refractivity contribution in [1.82, 2.24) is 19.4 Å². The largest absolute Gasteiger partial charge is 0.497 e. The smallest absolute Gasteiger partial charge is 0.321 e. The Morgan fingerprint density at radius 2 is 1.79 bits per heavy atom. The molecule has 0 saturated carbocycles. The average Bonchev–Trinajstić information content (AvgIpc) is 3.05. The fourth-order valence-electron chi connectivity index (χ4n) is 3.52. The van der Waals surface area contributed by atoms with Crippen molar-refractivity contribution in [2.24, 2.45) is 7.05 Å². The number of ether oxygens (including phenoxy) is 1. The standard InChI is InChI=1S/C21H25N5O2/c1-24-19-6-4-3-5-18(19)23-20(24)15-25-11-13-26(14-12-25)21(27)22-16-7-9-17(28-2)10-8-16/h3-10H,11-15H2,1-2H3,(H,22,27). The Morgan fingerprint density at radius 1 is 1.07 bits per heavy atom. The molecule has 0 spiro atoms. The third kappa shape index (κ3) is 3.80. The lowest BCUT2D eigenvalue weighted by Gasteiger charge is -2.34. The van der Waals surface area contributed by atoms with Crippen molar-refractivity contribution in [2.75, 3.05) is 38.6 Å². The first-order chi connectivity index (χ1) is 13.6. The lowest BCUT2D eigenvalue weighted by atomic mass is 10.3. The molecule has 28 heavy (non-hydrogen) atoms. The van der Waals surface area contributed by atoms with Crippen LogP contribution in [0.4, 0.5) is 10.5 Å². The Kier molecular flexibility index (Phi) is 5.16. The van der Waals surface area contributed by atoms with E-state index in [-0.39, 0.29) is 6.03 Å². The summed E-state index contributed by atoms with van der Waals surface area (Å²) in [6, 6.07) is 15.5. The predicted octanol–water partition coefficient (Wildman–Crippen LogP) is 2.93. The number of nitrogens with zero attached hydrogens (tertiary/aromatic N) is 4. The highest BCUT2D eigenvalue weighted by Gasteiger charge is 2.22. The molecule has 0 unspecified atom stereocenters. The third-order valence-electron chi connectivity index (χ3n) is 5.25. The number of methoxy groups -OCH3 is 1. The Balaban J connectivity index is 1.32. The summed E-state index contributed by atoms with van der Waals surface area (Å²) in [5, 5.41) is 2.95. The van der Waals surface area contributed by atoms with E-state index < -0.39 is 0 Å². The number of imidazole rings is 1. The molecule has 0 atom stereocenters. The van der Waals surface area contributed by atoms with E-state index in [1.54, 1.807) is 7.11 Å². The monoisotopic (exact) mass is 379 g/mol. The molecule has 0 bridgehead atoms. The maximum absolute atomic E-state index is 12.5. The van der Waals surface area contributed by atoms with E-state index in [0.717, 1.165) is 47.9 Å². The number of anilines is 1. The number of hydrogen-bond donors (Lipinski definition) is 1. The number of carbonyl (C=O) groups excluding carboxylic acids is 1. The van der Waals surface area contributed by atoms with Gasteiger partial charge in [0.15, 0.2) is 0 Å². The molecule has 146 valence electrons. The summed E-state index contributed by atoms with van der Waals surface area (Å²) in [5.41, 5.74) is 2.94. The van der Waals surface area contributed by atoms with Crippen LogP contribution in [0.15, 0.2) is 48.5 Å². The lowest BCUT2D eigenvalue weighted by Crippen LogP contribution is -2.49. The molecular formula is C21H25N5O2. The summed E-state index contributed by atoms with van der Waals surface area (Å²) in [6.45, 7) is 3.86. The first-order valence-electron chi connectivity index (χ1n) is 9.47. The fourth-order valence-corrected chi connectivity index (χ4v) is 3.52. The molecule has 7 nitrogen and oxygen atoms in total. The molecule has 3 aromatic rings. The molecule has 1 N–H and O–H groups in total. The van der Waals surface area contributed by atoms with Crippen molar-refractivity contribution < 1.29 is 9.53 Å². The molecule has 1 fully saturated rings. The SMILES string of the molecule is COc1ccc(NC(=O)N2CCN(Cc3nc4ccccc4n3C)CC2)cc1. The Bertz CT molecular complexity index is 959. The van der Waals surface area contributed by atoms with Crippen molar-refractivity contribution in [3.8, 4) is 5.75 Å². The first-order valence-corrected chi connectivity index (χ1v) is 9.47. The Morgan fingerprint density at radius 3 is 2.46 bits per heavy atom. The summed E-state index contributed by atoms with van der Waals surface area (Å²) in [7, 11) is 3.68. The number of amides is 2. The second-order valence-corrected chi connectivity index (χ2v) is 7.00. The maximum Gasteiger partial charge on any atom is 0.321 e. The molecule has 1 aromatic heterocycles. The van der Waals surface area contributed by atoms with Crippen LogP contribution in [0.5, 0.6) is 5.75 Å². The average molecular weight is 379 g/mol. The minimum absolute atomic E-state index is 0.0625. The van der Waals surface area contributed by atoms with Gasteiger partial charge in [0.25, 0.3) is 0 Å². The minimum Gasteiger partial charge on any atom is -0.497 e. The lowest BCUT2D eigenvalue weighted by molar-refractivity contribution is 0.140. The van der Waals surface area contributed by atoms with Gasteiger partial charge in [-0.15, -0.1) is 0 Å². The van der Waals surface area contributed by atoms with Gasteiger partial charge in [-0.05, 0) is 36.4 Å². The van der Waals surface area contributed by atoms with Gasteiger partial charge in [-0.2, -0.15) is 0 Å². The van der Waals surface area contributed by atoms with E-state index in [0.29, 0.717) is 13.1 Å². The fraction of sp³-hybridized carbons (Fsp3) is 0.333. The molecule has 4 rings (SSSR count). The van der Waals surface area contributed by atoms with Gasteiger partial charge < -0.3 is 19.5 Å². The number of aromatic nitrogens is 2. The van der Waals surface area contributed by atoms with Gasteiger partial charge in [-0.25, -0.2) is 9.78 Å². The van der Waals surface area contributed by atoms with Crippen molar-refractivity contribution in [3.05, 3.63) is 54.4 Å². The van der Waals surface area contributed by atoms with Crippen LogP contribution in [0.1, 0.15) is 5.82 Å². The van der Waals surface area contributed by atoms with Crippen LogP contribution in [-0.2, 0) is 13.6 Å². The van der Waals surface area contributed by atoms with E-state index in [1.165, 1.54) is 0 Å². The molecule has 2 heterocycles. The van der Waals surface area contributed by atoms with Gasteiger partial charge in [0.05, 0.1) is 24.7 Å². The highest BCUT2D eigenvalue weighted by molar-refractivity contribution is 5.89. The second-order valence-electron chi connectivity index (χ2n) is 7.00. The summed E-state index contributed by atoms with van der Waals surface area (Å²) < 4.78 is 7.29. The maximum atomic E-state index is 12.5. The topological polar surface area (TPSA) is 62.6 Å². The third-order valence-corrected chi connectivity index (χ3v) is 5.25. The number of hydrogen-bond acceptors (Lipinski definition) is 4. The molecule has 2 aromatic carbocycles. The number of urea groups is 1. The van der Waals surface area contributed by atoms with Crippen molar-refractivity contribution in [2.45, 2.75) is 6.54 Å². The quantitative estimate of drug-likeness (QED) is 0.757. The molecular weight excluding hydrogens is 354 g/mol. The molecule has 0 radical (unpaired) electrons. The van der Waals surface area contributed by atoms with E-state index in [4.69, 9.17) is 9.72 Å². The zero-order valence-corrected chi connectivity index (χ0v) is 16.3. The molecule has 7 heteroatoms. The van der Waals surface area contributed by atoms with Crippen LogP contribution in [0.2, 0.25) is 0 Å². The van der Waals surface area contributed by atoms with Crippen molar-refractivity contribution in [3.63, 3.8) is 0 Å². The Hall–Kier alpha value is -3.06. The summed E-state index contributed by atoms with van der Waals surface area (Å²) in [5.74, 6) is 1.82. The zero-order valence-electron chi connectivity index (χ0n) is 16.3. The highest BCUT2D eigenvalue weighted by Crippen LogP contribution is 2.18. The molecule has 2 amide bonds. The zero-order chi connectivity index (χ0) is 19.5. The van der Waals surface area contributed by atoms with Gasteiger partial charge in [-0.1, -0.05) is 12.1 Å². The van der Waals surface area contributed by atoms with Crippen LogP contribution in [0, 0.1) is 0 Å². The van der Waals surface area contributed by atoms with Crippen LogP contribution >= 0.6 is 0 Å². The Labute approximate surface area is 164 Å². The van der Waals surface area contributed by atoms with E-state index in [1.807, 2.05) is 47.4 Å². The van der Waals surface area contributed by atoms with E-state index in [9.17, 15) is 4.79 Å².